The zero-order chi connectivity index (χ0) is 17.1. The Morgan fingerprint density at radius 2 is 1.92 bits per heavy atom. The number of nitrogens with zero attached hydrogens (tertiary/aromatic N) is 1. The van der Waals surface area contributed by atoms with Crippen molar-refractivity contribution in [3.8, 4) is 0 Å². The van der Waals surface area contributed by atoms with Crippen LogP contribution in [0.25, 0.3) is 0 Å². The van der Waals surface area contributed by atoms with Gasteiger partial charge >= 0.3 is 0 Å². The first kappa shape index (κ1) is 16.7. The highest BCUT2D eigenvalue weighted by atomic mass is 19.1. The van der Waals surface area contributed by atoms with Crippen molar-refractivity contribution in [3.63, 3.8) is 0 Å². The van der Waals surface area contributed by atoms with Gasteiger partial charge in [-0.3, -0.25) is 4.79 Å². The lowest BCUT2D eigenvalue weighted by molar-refractivity contribution is -0.132. The molecular formula is C21H24FNO. The summed E-state index contributed by atoms with van der Waals surface area (Å²) in [6, 6.07) is 13.2. The minimum Gasteiger partial charge on any atom is -0.336 e. The molecule has 0 N–H and O–H groups in total. The van der Waals surface area contributed by atoms with Gasteiger partial charge in [-0.15, -0.1) is 0 Å². The first-order valence-electron chi connectivity index (χ1n) is 8.65. The standard InChI is InChI=1S/C21H24FNO/c1-15-11-16(2)13-18(12-15)20-7-4-10-23(20)21(24)9-8-17-5-3-6-19(22)14-17/h3,5-6,11-14,20H,4,7-10H2,1-2H3. The lowest BCUT2D eigenvalue weighted by atomic mass is 9.99. The minimum atomic E-state index is -0.241. The van der Waals surface area contributed by atoms with Crippen LogP contribution in [0.2, 0.25) is 0 Å². The Kier molecular flexibility index (Phi) is 4.98. The Labute approximate surface area is 143 Å². The second-order valence-electron chi connectivity index (χ2n) is 6.80. The number of likely N-dealkylation sites (tertiary alicyclic amines) is 1. The highest BCUT2D eigenvalue weighted by molar-refractivity contribution is 5.77. The van der Waals surface area contributed by atoms with E-state index in [2.05, 4.69) is 32.0 Å². The monoisotopic (exact) mass is 325 g/mol. The van der Waals surface area contributed by atoms with E-state index < -0.39 is 0 Å². The van der Waals surface area contributed by atoms with E-state index in [1.807, 2.05) is 11.0 Å². The average Bonchev–Trinajstić information content (AvgIpc) is 3.01. The predicted molar refractivity (Wildman–Crippen MR) is 94.3 cm³/mol. The molecule has 24 heavy (non-hydrogen) atoms. The number of carbonyl (C=O) groups excluding carboxylic acids is 1. The van der Waals surface area contributed by atoms with E-state index in [1.165, 1.54) is 28.8 Å². The molecule has 1 heterocycles. The van der Waals surface area contributed by atoms with Gasteiger partial charge in [-0.25, -0.2) is 4.39 Å². The van der Waals surface area contributed by atoms with Crippen molar-refractivity contribution in [1.82, 2.24) is 4.90 Å². The largest absolute Gasteiger partial charge is 0.336 e. The molecule has 3 heteroatoms. The van der Waals surface area contributed by atoms with Gasteiger partial charge in [-0.05, 0) is 56.4 Å². The fraction of sp³-hybridized carbons (Fsp3) is 0.381. The van der Waals surface area contributed by atoms with Gasteiger partial charge < -0.3 is 4.90 Å². The van der Waals surface area contributed by atoms with E-state index in [1.54, 1.807) is 6.07 Å². The molecule has 1 amide bonds. The van der Waals surface area contributed by atoms with Crippen LogP contribution in [0.4, 0.5) is 4.39 Å². The zero-order valence-electron chi connectivity index (χ0n) is 14.4. The molecule has 2 nitrogen and oxygen atoms in total. The van der Waals surface area contributed by atoms with Crippen LogP contribution in [0.3, 0.4) is 0 Å². The normalized spacial score (nSPS) is 17.3. The van der Waals surface area contributed by atoms with Crippen LogP contribution in [-0.4, -0.2) is 17.4 Å². The SMILES string of the molecule is Cc1cc(C)cc(C2CCCN2C(=O)CCc2cccc(F)c2)c1. The number of benzene rings is 2. The van der Waals surface area contributed by atoms with E-state index >= 15 is 0 Å². The fourth-order valence-electron chi connectivity index (χ4n) is 3.70. The van der Waals surface area contributed by atoms with Crippen molar-refractivity contribution in [1.29, 1.82) is 0 Å². The number of carbonyl (C=O) groups is 1. The summed E-state index contributed by atoms with van der Waals surface area (Å²) in [5.41, 5.74) is 4.60. The topological polar surface area (TPSA) is 20.3 Å². The van der Waals surface area contributed by atoms with Crippen LogP contribution in [-0.2, 0) is 11.2 Å². The van der Waals surface area contributed by atoms with Gasteiger partial charge in [-0.2, -0.15) is 0 Å². The molecule has 2 aromatic carbocycles. The number of aryl methyl sites for hydroxylation is 3. The molecule has 1 fully saturated rings. The molecular weight excluding hydrogens is 301 g/mol. The second-order valence-corrected chi connectivity index (χ2v) is 6.80. The van der Waals surface area contributed by atoms with Gasteiger partial charge in [0.25, 0.3) is 0 Å². The van der Waals surface area contributed by atoms with Gasteiger partial charge in [0.05, 0.1) is 6.04 Å². The Bertz CT molecular complexity index is 720. The van der Waals surface area contributed by atoms with Crippen LogP contribution < -0.4 is 0 Å². The Balaban J connectivity index is 1.69. The summed E-state index contributed by atoms with van der Waals surface area (Å²) in [6.45, 7) is 5.02. The van der Waals surface area contributed by atoms with Crippen molar-refractivity contribution >= 4 is 5.91 Å². The van der Waals surface area contributed by atoms with Gasteiger partial charge in [0.2, 0.25) is 5.91 Å². The zero-order valence-corrected chi connectivity index (χ0v) is 14.4. The van der Waals surface area contributed by atoms with E-state index in [-0.39, 0.29) is 17.8 Å². The van der Waals surface area contributed by atoms with Gasteiger partial charge in [0.1, 0.15) is 5.82 Å². The first-order valence-corrected chi connectivity index (χ1v) is 8.65. The van der Waals surface area contributed by atoms with Crippen molar-refractivity contribution < 1.29 is 9.18 Å². The third kappa shape index (κ3) is 3.84. The molecule has 1 saturated heterocycles. The van der Waals surface area contributed by atoms with Crippen molar-refractivity contribution in [2.45, 2.75) is 45.6 Å². The molecule has 0 radical (unpaired) electrons. The predicted octanol–water partition coefficient (Wildman–Crippen LogP) is 4.74. The summed E-state index contributed by atoms with van der Waals surface area (Å²) in [6.07, 6.45) is 3.09. The lowest BCUT2D eigenvalue weighted by Gasteiger charge is -2.26. The molecule has 1 aliphatic rings. The average molecular weight is 325 g/mol. The van der Waals surface area contributed by atoms with Crippen LogP contribution >= 0.6 is 0 Å². The molecule has 0 aliphatic carbocycles. The third-order valence-corrected chi connectivity index (χ3v) is 4.72. The van der Waals surface area contributed by atoms with Crippen molar-refractivity contribution in [2.24, 2.45) is 0 Å². The minimum absolute atomic E-state index is 0.168. The smallest absolute Gasteiger partial charge is 0.223 e. The van der Waals surface area contributed by atoms with E-state index in [0.717, 1.165) is 24.9 Å². The molecule has 0 spiro atoms. The summed E-state index contributed by atoms with van der Waals surface area (Å²) >= 11 is 0. The fourth-order valence-corrected chi connectivity index (χ4v) is 3.70. The van der Waals surface area contributed by atoms with Crippen LogP contribution in [0.5, 0.6) is 0 Å². The number of amides is 1. The Morgan fingerprint density at radius 1 is 1.17 bits per heavy atom. The molecule has 0 bridgehead atoms. The quantitative estimate of drug-likeness (QED) is 0.795. The van der Waals surface area contributed by atoms with E-state index in [9.17, 15) is 9.18 Å². The summed E-state index contributed by atoms with van der Waals surface area (Å²) in [7, 11) is 0. The molecule has 1 aliphatic heterocycles. The maximum atomic E-state index is 13.3. The molecule has 2 aromatic rings. The van der Waals surface area contributed by atoms with Gasteiger partial charge in [0.15, 0.2) is 0 Å². The van der Waals surface area contributed by atoms with Crippen molar-refractivity contribution in [3.05, 3.63) is 70.5 Å². The first-order chi connectivity index (χ1) is 11.5. The van der Waals surface area contributed by atoms with Crippen LogP contribution in [0.15, 0.2) is 42.5 Å². The summed E-state index contributed by atoms with van der Waals surface area (Å²) in [5, 5.41) is 0. The summed E-state index contributed by atoms with van der Waals surface area (Å²) in [4.78, 5) is 14.7. The number of hydrogen-bond donors (Lipinski definition) is 0. The van der Waals surface area contributed by atoms with E-state index in [4.69, 9.17) is 0 Å². The lowest BCUT2D eigenvalue weighted by Crippen LogP contribution is -2.30. The van der Waals surface area contributed by atoms with Gasteiger partial charge in [0, 0.05) is 13.0 Å². The van der Waals surface area contributed by atoms with Crippen LogP contribution in [0.1, 0.15) is 47.6 Å². The highest BCUT2D eigenvalue weighted by Gasteiger charge is 2.29. The summed E-state index contributed by atoms with van der Waals surface area (Å²) in [5.74, 6) is -0.0739. The maximum Gasteiger partial charge on any atom is 0.223 e. The molecule has 3 rings (SSSR count). The molecule has 1 unspecified atom stereocenters. The number of halogens is 1. The summed E-state index contributed by atoms with van der Waals surface area (Å²) < 4.78 is 13.3. The Morgan fingerprint density at radius 3 is 2.62 bits per heavy atom. The second kappa shape index (κ2) is 7.16. The molecule has 0 saturated carbocycles. The Hall–Kier alpha value is -2.16. The van der Waals surface area contributed by atoms with E-state index in [0.29, 0.717) is 12.8 Å². The highest BCUT2D eigenvalue weighted by Crippen LogP contribution is 2.33. The number of rotatable bonds is 4. The maximum absolute atomic E-state index is 13.3. The van der Waals surface area contributed by atoms with Gasteiger partial charge in [-0.1, -0.05) is 41.5 Å². The molecule has 0 aromatic heterocycles. The number of hydrogen-bond acceptors (Lipinski definition) is 1. The third-order valence-electron chi connectivity index (χ3n) is 4.72. The van der Waals surface area contributed by atoms with Crippen LogP contribution in [0, 0.1) is 19.7 Å². The van der Waals surface area contributed by atoms with Crippen molar-refractivity contribution in [2.75, 3.05) is 6.54 Å². The molecule has 126 valence electrons. The molecule has 1 atom stereocenters.